The van der Waals surface area contributed by atoms with Crippen LogP contribution in [0.1, 0.15) is 27.8 Å². The normalized spacial score (nSPS) is 16.4. The minimum Gasteiger partial charge on any atom is -0.359 e. The van der Waals surface area contributed by atoms with Crippen molar-refractivity contribution < 1.29 is 4.79 Å². The fourth-order valence-corrected chi connectivity index (χ4v) is 3.57. The van der Waals surface area contributed by atoms with Crippen LogP contribution in [0.3, 0.4) is 0 Å². The van der Waals surface area contributed by atoms with Crippen LogP contribution in [0, 0.1) is 6.92 Å². The van der Waals surface area contributed by atoms with Gasteiger partial charge in [-0.3, -0.25) is 4.79 Å². The van der Waals surface area contributed by atoms with Gasteiger partial charge in [0.1, 0.15) is 11.2 Å². The van der Waals surface area contributed by atoms with Crippen molar-refractivity contribution in [2.45, 2.75) is 13.1 Å². The van der Waals surface area contributed by atoms with Crippen LogP contribution in [0.2, 0.25) is 0 Å². The molecule has 0 saturated heterocycles. The third kappa shape index (κ3) is 2.49. The van der Waals surface area contributed by atoms with Gasteiger partial charge in [-0.25, -0.2) is 4.98 Å². The van der Waals surface area contributed by atoms with Crippen LogP contribution in [0.15, 0.2) is 53.9 Å². The molecule has 1 aromatic heterocycles. The highest BCUT2D eigenvalue weighted by atomic mass is 32.1. The molecule has 5 heteroatoms. The lowest BCUT2D eigenvalue weighted by Gasteiger charge is -2.27. The van der Waals surface area contributed by atoms with Crippen LogP contribution in [-0.4, -0.2) is 10.9 Å². The van der Waals surface area contributed by atoms with Crippen molar-refractivity contribution in [3.63, 3.8) is 0 Å². The molecule has 0 saturated carbocycles. The fraction of sp³-hybridized carbons (Fsp3) is 0.111. The number of amides is 1. The fourth-order valence-electron chi connectivity index (χ4n) is 2.72. The summed E-state index contributed by atoms with van der Waals surface area (Å²) in [4.78, 5) is 17.0. The Labute approximate surface area is 138 Å². The largest absolute Gasteiger partial charge is 0.359 e. The summed E-state index contributed by atoms with van der Waals surface area (Å²) >= 11 is 1.58. The molecule has 23 heavy (non-hydrogen) atoms. The van der Waals surface area contributed by atoms with E-state index in [1.807, 2.05) is 60.8 Å². The highest BCUT2D eigenvalue weighted by molar-refractivity contribution is 7.13. The average Bonchev–Trinajstić information content (AvgIpc) is 3.07. The van der Waals surface area contributed by atoms with E-state index in [9.17, 15) is 4.79 Å². The Kier molecular flexibility index (Phi) is 3.35. The van der Waals surface area contributed by atoms with Gasteiger partial charge in [-0.15, -0.1) is 11.3 Å². The molecule has 4 nitrogen and oxygen atoms in total. The summed E-state index contributed by atoms with van der Waals surface area (Å²) in [6, 6.07) is 15.8. The third-order valence-corrected chi connectivity index (χ3v) is 4.83. The molecule has 1 atom stereocenters. The Balaban J connectivity index is 1.67. The van der Waals surface area contributed by atoms with Crippen molar-refractivity contribution in [2.24, 2.45) is 0 Å². The van der Waals surface area contributed by atoms with E-state index in [0.717, 1.165) is 27.5 Å². The number of carbonyl (C=O) groups is 1. The van der Waals surface area contributed by atoms with Crippen LogP contribution >= 0.6 is 11.3 Å². The van der Waals surface area contributed by atoms with E-state index in [-0.39, 0.29) is 12.1 Å². The average molecular weight is 321 g/mol. The first kappa shape index (κ1) is 14.0. The number of nitrogens with zero attached hydrogens (tertiary/aromatic N) is 1. The SMILES string of the molecule is Cc1cccc2c1NC(c1csc(-c3ccccc3)n1)NC2=O. The molecule has 0 fully saturated rings. The smallest absolute Gasteiger partial charge is 0.255 e. The number of rotatable bonds is 2. The zero-order valence-corrected chi connectivity index (χ0v) is 13.4. The maximum Gasteiger partial charge on any atom is 0.255 e. The van der Waals surface area contributed by atoms with E-state index in [0.29, 0.717) is 5.56 Å². The summed E-state index contributed by atoms with van der Waals surface area (Å²) in [6.45, 7) is 2.00. The Morgan fingerprint density at radius 2 is 1.87 bits per heavy atom. The Hall–Kier alpha value is -2.66. The molecule has 2 N–H and O–H groups in total. The lowest BCUT2D eigenvalue weighted by atomic mass is 10.0. The Morgan fingerprint density at radius 1 is 1.04 bits per heavy atom. The highest BCUT2D eigenvalue weighted by Crippen LogP contribution is 2.31. The number of aryl methyl sites for hydroxylation is 1. The lowest BCUT2D eigenvalue weighted by Crippen LogP contribution is -2.38. The monoisotopic (exact) mass is 321 g/mol. The van der Waals surface area contributed by atoms with Gasteiger partial charge in [0.05, 0.1) is 16.9 Å². The molecule has 0 bridgehead atoms. The van der Waals surface area contributed by atoms with E-state index < -0.39 is 0 Å². The van der Waals surface area contributed by atoms with Gasteiger partial charge in [-0.1, -0.05) is 42.5 Å². The minimum atomic E-state index is -0.301. The molecule has 3 aromatic rings. The summed E-state index contributed by atoms with van der Waals surface area (Å²) < 4.78 is 0. The summed E-state index contributed by atoms with van der Waals surface area (Å²) in [7, 11) is 0. The molecule has 0 aliphatic carbocycles. The topological polar surface area (TPSA) is 54.0 Å². The third-order valence-electron chi connectivity index (χ3n) is 3.92. The van der Waals surface area contributed by atoms with Crippen LogP contribution in [0.25, 0.3) is 10.6 Å². The second-order valence-electron chi connectivity index (χ2n) is 5.49. The number of thiazole rings is 1. The van der Waals surface area contributed by atoms with E-state index >= 15 is 0 Å². The number of hydrogen-bond donors (Lipinski definition) is 2. The van der Waals surface area contributed by atoms with Gasteiger partial charge in [0.2, 0.25) is 0 Å². The Morgan fingerprint density at radius 3 is 2.70 bits per heavy atom. The van der Waals surface area contributed by atoms with Crippen molar-refractivity contribution in [3.05, 3.63) is 70.7 Å². The highest BCUT2D eigenvalue weighted by Gasteiger charge is 2.27. The molecule has 1 aliphatic rings. The van der Waals surface area contributed by atoms with E-state index in [1.165, 1.54) is 0 Å². The molecule has 1 amide bonds. The minimum absolute atomic E-state index is 0.0679. The van der Waals surface area contributed by atoms with E-state index in [1.54, 1.807) is 11.3 Å². The standard InChI is InChI=1S/C18H15N3OS/c1-11-6-5-9-13-15(11)20-16(21-17(13)22)14-10-23-18(19-14)12-7-3-2-4-8-12/h2-10,16,20H,1H3,(H,21,22). The number of benzene rings is 2. The van der Waals surface area contributed by atoms with Crippen molar-refractivity contribution in [3.8, 4) is 10.6 Å². The molecular formula is C18H15N3OS. The second-order valence-corrected chi connectivity index (χ2v) is 6.35. The first-order chi connectivity index (χ1) is 11.2. The zero-order valence-electron chi connectivity index (χ0n) is 12.5. The number of fused-ring (bicyclic) bond motifs is 1. The maximum atomic E-state index is 12.3. The van der Waals surface area contributed by atoms with Crippen molar-refractivity contribution in [1.82, 2.24) is 10.3 Å². The quantitative estimate of drug-likeness (QED) is 0.751. The summed E-state index contributed by atoms with van der Waals surface area (Å²) in [5.74, 6) is -0.0679. The van der Waals surface area contributed by atoms with Crippen molar-refractivity contribution >= 4 is 22.9 Å². The molecule has 1 unspecified atom stereocenters. The molecule has 0 spiro atoms. The second kappa shape index (κ2) is 5.52. The van der Waals surface area contributed by atoms with E-state index in [4.69, 9.17) is 0 Å². The molecule has 0 radical (unpaired) electrons. The van der Waals surface area contributed by atoms with Gasteiger partial charge < -0.3 is 10.6 Å². The summed E-state index contributed by atoms with van der Waals surface area (Å²) in [5, 5.41) is 9.30. The first-order valence-corrected chi connectivity index (χ1v) is 8.28. The van der Waals surface area contributed by atoms with Gasteiger partial charge in [0, 0.05) is 10.9 Å². The van der Waals surface area contributed by atoms with Crippen LogP contribution < -0.4 is 10.6 Å². The number of para-hydroxylation sites is 1. The van der Waals surface area contributed by atoms with Gasteiger partial charge >= 0.3 is 0 Å². The Bertz CT molecular complexity index is 873. The summed E-state index contributed by atoms with van der Waals surface area (Å²) in [5.41, 5.74) is 4.54. The van der Waals surface area contributed by atoms with Gasteiger partial charge in [0.15, 0.2) is 0 Å². The molecule has 1 aliphatic heterocycles. The molecule has 4 rings (SSSR count). The van der Waals surface area contributed by atoms with E-state index in [2.05, 4.69) is 15.6 Å². The number of nitrogens with one attached hydrogen (secondary N) is 2. The van der Waals surface area contributed by atoms with Crippen LogP contribution in [0.4, 0.5) is 5.69 Å². The van der Waals surface area contributed by atoms with Crippen LogP contribution in [0.5, 0.6) is 0 Å². The maximum absolute atomic E-state index is 12.3. The summed E-state index contributed by atoms with van der Waals surface area (Å²) in [6.07, 6.45) is -0.301. The number of aromatic nitrogens is 1. The number of carbonyl (C=O) groups excluding carboxylic acids is 1. The molecular weight excluding hydrogens is 306 g/mol. The molecule has 114 valence electrons. The lowest BCUT2D eigenvalue weighted by molar-refractivity contribution is 0.0935. The number of anilines is 1. The zero-order chi connectivity index (χ0) is 15.8. The predicted octanol–water partition coefficient (Wildman–Crippen LogP) is 3.97. The van der Waals surface area contributed by atoms with Gasteiger partial charge in [0.25, 0.3) is 5.91 Å². The van der Waals surface area contributed by atoms with Crippen molar-refractivity contribution in [2.75, 3.05) is 5.32 Å². The van der Waals surface area contributed by atoms with Gasteiger partial charge in [-0.2, -0.15) is 0 Å². The van der Waals surface area contributed by atoms with Gasteiger partial charge in [-0.05, 0) is 18.6 Å². The molecule has 2 heterocycles. The van der Waals surface area contributed by atoms with Crippen LogP contribution in [-0.2, 0) is 0 Å². The molecule has 2 aromatic carbocycles. The number of hydrogen-bond acceptors (Lipinski definition) is 4. The predicted molar refractivity (Wildman–Crippen MR) is 92.6 cm³/mol. The first-order valence-electron chi connectivity index (χ1n) is 7.40. The van der Waals surface area contributed by atoms with Crippen molar-refractivity contribution in [1.29, 1.82) is 0 Å².